The first kappa shape index (κ1) is 20.0. The number of hydrogen-bond donors (Lipinski definition) is 2. The topological polar surface area (TPSA) is 84.0 Å². The lowest BCUT2D eigenvalue weighted by molar-refractivity contribution is -0.113. The first-order valence-electron chi connectivity index (χ1n) is 8.31. The molecular weight excluding hydrogens is 399 g/mol. The Morgan fingerprint density at radius 3 is 2.57 bits per heavy atom. The van der Waals surface area contributed by atoms with Gasteiger partial charge in [0.1, 0.15) is 5.82 Å². The predicted molar refractivity (Wildman–Crippen MR) is 110 cm³/mol. The number of aromatic nitrogens is 2. The van der Waals surface area contributed by atoms with Gasteiger partial charge in [-0.2, -0.15) is 0 Å². The van der Waals surface area contributed by atoms with Crippen LogP contribution in [0.3, 0.4) is 0 Å². The van der Waals surface area contributed by atoms with Crippen LogP contribution < -0.4 is 10.6 Å². The minimum absolute atomic E-state index is 0.147. The van der Waals surface area contributed by atoms with Crippen molar-refractivity contribution in [1.82, 2.24) is 10.2 Å². The maximum Gasteiger partial charge on any atom is 0.257 e. The van der Waals surface area contributed by atoms with Gasteiger partial charge in [0.2, 0.25) is 11.0 Å². The average molecular weight is 417 g/mol. The van der Waals surface area contributed by atoms with Crippen LogP contribution in [0.1, 0.15) is 21.5 Å². The largest absolute Gasteiger partial charge is 0.325 e. The van der Waals surface area contributed by atoms with E-state index in [0.29, 0.717) is 15.0 Å². The van der Waals surface area contributed by atoms with Gasteiger partial charge in [0.25, 0.3) is 5.91 Å². The third-order valence-electron chi connectivity index (χ3n) is 3.94. The smallest absolute Gasteiger partial charge is 0.257 e. The molecule has 0 atom stereocenters. The Kier molecular flexibility index (Phi) is 6.37. The van der Waals surface area contributed by atoms with E-state index in [-0.39, 0.29) is 11.7 Å². The fraction of sp³-hybridized carbons (Fsp3) is 0.158. The fourth-order valence-electron chi connectivity index (χ4n) is 2.29. The molecule has 0 aliphatic rings. The van der Waals surface area contributed by atoms with E-state index < -0.39 is 11.7 Å². The second kappa shape index (κ2) is 8.94. The number of halogens is 1. The van der Waals surface area contributed by atoms with E-state index in [4.69, 9.17) is 0 Å². The van der Waals surface area contributed by atoms with Crippen molar-refractivity contribution in [2.75, 3.05) is 16.4 Å². The molecule has 144 valence electrons. The van der Waals surface area contributed by atoms with E-state index in [0.717, 1.165) is 16.8 Å². The van der Waals surface area contributed by atoms with Gasteiger partial charge in [-0.15, -0.1) is 10.2 Å². The summed E-state index contributed by atoms with van der Waals surface area (Å²) in [6.45, 7) is 3.95. The fourth-order valence-corrected chi connectivity index (χ4v) is 3.84. The Bertz CT molecular complexity index is 1010. The van der Waals surface area contributed by atoms with E-state index in [1.54, 1.807) is 0 Å². The maximum atomic E-state index is 12.9. The van der Waals surface area contributed by atoms with Gasteiger partial charge in [0, 0.05) is 11.3 Å². The molecule has 3 aromatic rings. The van der Waals surface area contributed by atoms with Gasteiger partial charge in [0.15, 0.2) is 4.34 Å². The Balaban J connectivity index is 1.53. The van der Waals surface area contributed by atoms with Crippen molar-refractivity contribution >= 4 is 45.7 Å². The van der Waals surface area contributed by atoms with Crippen molar-refractivity contribution in [3.05, 3.63) is 65.0 Å². The number of carbonyl (C=O) groups is 2. The summed E-state index contributed by atoms with van der Waals surface area (Å²) in [5.74, 6) is -0.787. The van der Waals surface area contributed by atoms with E-state index in [9.17, 15) is 14.0 Å². The molecule has 1 aromatic heterocycles. The molecule has 0 fully saturated rings. The minimum Gasteiger partial charge on any atom is -0.325 e. The Morgan fingerprint density at radius 1 is 1.07 bits per heavy atom. The van der Waals surface area contributed by atoms with Crippen LogP contribution in [0.4, 0.5) is 15.2 Å². The number of nitrogens with one attached hydrogen (secondary N) is 2. The molecule has 0 saturated heterocycles. The summed E-state index contributed by atoms with van der Waals surface area (Å²) < 4.78 is 13.5. The standard InChI is InChI=1S/C19H17FN4O2S2/c1-11-4-3-5-15(12(11)2)21-16(25)10-27-19-24-23-18(28-19)22-17(26)13-6-8-14(20)9-7-13/h3-9H,10H2,1-2H3,(H,21,25)(H,22,23,26). The number of nitrogens with zero attached hydrogens (tertiary/aromatic N) is 2. The Hall–Kier alpha value is -2.78. The number of carbonyl (C=O) groups excluding carboxylic acids is 2. The number of amides is 2. The number of rotatable bonds is 6. The van der Waals surface area contributed by atoms with Crippen molar-refractivity contribution in [2.45, 2.75) is 18.2 Å². The van der Waals surface area contributed by atoms with E-state index >= 15 is 0 Å². The monoisotopic (exact) mass is 416 g/mol. The van der Waals surface area contributed by atoms with Gasteiger partial charge in [-0.3, -0.25) is 14.9 Å². The van der Waals surface area contributed by atoms with Crippen molar-refractivity contribution in [3.8, 4) is 0 Å². The molecule has 0 saturated carbocycles. The molecular formula is C19H17FN4O2S2. The zero-order valence-corrected chi connectivity index (χ0v) is 16.8. The van der Waals surface area contributed by atoms with Crippen LogP contribution in [-0.2, 0) is 4.79 Å². The normalized spacial score (nSPS) is 10.5. The second-order valence-electron chi connectivity index (χ2n) is 5.92. The lowest BCUT2D eigenvalue weighted by Crippen LogP contribution is -2.15. The molecule has 0 unspecified atom stereocenters. The van der Waals surface area contributed by atoms with E-state index in [2.05, 4.69) is 20.8 Å². The van der Waals surface area contributed by atoms with Gasteiger partial charge in [0.05, 0.1) is 5.75 Å². The molecule has 3 rings (SSSR count). The molecule has 28 heavy (non-hydrogen) atoms. The molecule has 2 aromatic carbocycles. The molecule has 0 aliphatic carbocycles. The highest BCUT2D eigenvalue weighted by molar-refractivity contribution is 8.01. The third kappa shape index (κ3) is 5.14. The van der Waals surface area contributed by atoms with E-state index in [1.165, 1.54) is 47.4 Å². The van der Waals surface area contributed by atoms with Crippen LogP contribution >= 0.6 is 23.1 Å². The molecule has 0 spiro atoms. The molecule has 6 nitrogen and oxygen atoms in total. The zero-order chi connectivity index (χ0) is 20.1. The summed E-state index contributed by atoms with van der Waals surface area (Å²) >= 11 is 2.40. The zero-order valence-electron chi connectivity index (χ0n) is 15.2. The average Bonchev–Trinajstić information content (AvgIpc) is 3.11. The lowest BCUT2D eigenvalue weighted by Gasteiger charge is -2.09. The second-order valence-corrected chi connectivity index (χ2v) is 8.12. The van der Waals surface area contributed by atoms with Gasteiger partial charge in [-0.25, -0.2) is 4.39 Å². The van der Waals surface area contributed by atoms with Gasteiger partial charge < -0.3 is 5.32 Å². The number of hydrogen-bond acceptors (Lipinski definition) is 6. The first-order chi connectivity index (χ1) is 13.4. The van der Waals surface area contributed by atoms with Crippen LogP contribution in [0.5, 0.6) is 0 Å². The highest BCUT2D eigenvalue weighted by Gasteiger charge is 2.12. The summed E-state index contributed by atoms with van der Waals surface area (Å²) in [4.78, 5) is 24.3. The third-order valence-corrected chi connectivity index (χ3v) is 5.91. The van der Waals surface area contributed by atoms with Gasteiger partial charge in [-0.1, -0.05) is 35.2 Å². The summed E-state index contributed by atoms with van der Waals surface area (Å²) in [5, 5.41) is 13.7. The van der Waals surface area contributed by atoms with Crippen molar-refractivity contribution in [2.24, 2.45) is 0 Å². The molecule has 0 aliphatic heterocycles. The number of anilines is 2. The summed E-state index contributed by atoms with van der Waals surface area (Å²) in [6, 6.07) is 10.9. The Labute approximate surface area is 169 Å². The minimum atomic E-state index is -0.412. The lowest BCUT2D eigenvalue weighted by atomic mass is 10.1. The summed E-state index contributed by atoms with van der Waals surface area (Å²) in [6.07, 6.45) is 0. The molecule has 0 bridgehead atoms. The van der Waals surface area contributed by atoms with Gasteiger partial charge >= 0.3 is 0 Å². The van der Waals surface area contributed by atoms with Crippen molar-refractivity contribution in [3.63, 3.8) is 0 Å². The highest BCUT2D eigenvalue weighted by atomic mass is 32.2. The van der Waals surface area contributed by atoms with Crippen LogP contribution in [0.25, 0.3) is 0 Å². The summed E-state index contributed by atoms with van der Waals surface area (Å²) in [5.41, 5.74) is 3.24. The summed E-state index contributed by atoms with van der Waals surface area (Å²) in [7, 11) is 0. The molecule has 2 N–H and O–H groups in total. The number of aryl methyl sites for hydroxylation is 1. The first-order valence-corrected chi connectivity index (χ1v) is 10.1. The maximum absolute atomic E-state index is 12.9. The molecule has 0 radical (unpaired) electrons. The van der Waals surface area contributed by atoms with Gasteiger partial charge in [-0.05, 0) is 55.3 Å². The van der Waals surface area contributed by atoms with Crippen LogP contribution in [0.2, 0.25) is 0 Å². The Morgan fingerprint density at radius 2 is 1.82 bits per heavy atom. The van der Waals surface area contributed by atoms with Crippen LogP contribution in [0, 0.1) is 19.7 Å². The molecule has 2 amide bonds. The van der Waals surface area contributed by atoms with Crippen molar-refractivity contribution in [1.29, 1.82) is 0 Å². The number of thioether (sulfide) groups is 1. The van der Waals surface area contributed by atoms with Crippen LogP contribution in [0.15, 0.2) is 46.8 Å². The van der Waals surface area contributed by atoms with Crippen molar-refractivity contribution < 1.29 is 14.0 Å². The SMILES string of the molecule is Cc1cccc(NC(=O)CSc2nnc(NC(=O)c3ccc(F)cc3)s2)c1C. The predicted octanol–water partition coefficient (Wildman–Crippen LogP) is 4.28. The van der Waals surface area contributed by atoms with Crippen LogP contribution in [-0.4, -0.2) is 27.8 Å². The number of benzene rings is 2. The molecule has 9 heteroatoms. The quantitative estimate of drug-likeness (QED) is 0.463. The highest BCUT2D eigenvalue weighted by Crippen LogP contribution is 2.26. The molecule has 1 heterocycles. The van der Waals surface area contributed by atoms with E-state index in [1.807, 2.05) is 32.0 Å².